The second-order valence-corrected chi connectivity index (χ2v) is 6.66. The Morgan fingerprint density at radius 1 is 0.880 bits per heavy atom. The molecule has 0 saturated carbocycles. The van der Waals surface area contributed by atoms with Crippen molar-refractivity contribution in [2.75, 3.05) is 33.4 Å². The Morgan fingerprint density at radius 3 is 1.64 bits per heavy atom. The summed E-state index contributed by atoms with van der Waals surface area (Å²) in [5, 5.41) is 28.7. The minimum absolute atomic E-state index is 0.188. The van der Waals surface area contributed by atoms with Crippen LogP contribution in [0.4, 0.5) is 0 Å². The van der Waals surface area contributed by atoms with Gasteiger partial charge in [-0.1, -0.05) is 37.0 Å². The maximum Gasteiger partial charge on any atom is 0.0584 e. The Balaban J connectivity index is 0.000000472. The maximum atomic E-state index is 8.90. The maximum absolute atomic E-state index is 8.90. The molecule has 25 heavy (non-hydrogen) atoms. The van der Waals surface area contributed by atoms with Gasteiger partial charge in [-0.15, -0.1) is 0 Å². The van der Waals surface area contributed by atoms with Crippen LogP contribution in [0.5, 0.6) is 0 Å². The average molecular weight is 394 g/mol. The molecule has 0 saturated heterocycles. The number of nitrogens with one attached hydrogen (secondary N) is 3. The van der Waals surface area contributed by atoms with Gasteiger partial charge in [-0.2, -0.15) is 0 Å². The Bertz CT molecular complexity index is 408. The van der Waals surface area contributed by atoms with Gasteiger partial charge in [0.05, 0.1) is 13.2 Å². The molecule has 1 aromatic carbocycles. The van der Waals surface area contributed by atoms with Crippen LogP contribution in [-0.4, -0.2) is 55.6 Å². The fourth-order valence-electron chi connectivity index (χ4n) is 2.15. The van der Waals surface area contributed by atoms with E-state index < -0.39 is 0 Å². The molecule has 0 aliphatic carbocycles. The zero-order chi connectivity index (χ0) is 19.1. The van der Waals surface area contributed by atoms with Crippen molar-refractivity contribution in [3.63, 3.8) is 0 Å². The second-order valence-electron chi connectivity index (χ2n) is 5.79. The monoisotopic (exact) mass is 393 g/mol. The lowest BCUT2D eigenvalue weighted by molar-refractivity contribution is 0.229. The lowest BCUT2D eigenvalue weighted by Gasteiger charge is -2.17. The summed E-state index contributed by atoms with van der Waals surface area (Å²) in [5.74, 6) is 0. The molecule has 7 heteroatoms. The van der Waals surface area contributed by atoms with Crippen molar-refractivity contribution >= 4 is 23.2 Å². The van der Waals surface area contributed by atoms with E-state index in [1.54, 1.807) is 6.07 Å². The molecule has 5 nitrogen and oxygen atoms in total. The normalized spacial score (nSPS) is 13.1. The zero-order valence-corrected chi connectivity index (χ0v) is 17.0. The highest BCUT2D eigenvalue weighted by atomic mass is 35.5. The highest BCUT2D eigenvalue weighted by molar-refractivity contribution is 6.34. The van der Waals surface area contributed by atoms with Crippen LogP contribution in [0.1, 0.15) is 32.3 Å². The van der Waals surface area contributed by atoms with Crippen molar-refractivity contribution in [2.45, 2.75) is 45.3 Å². The van der Waals surface area contributed by atoms with E-state index in [-0.39, 0.29) is 25.3 Å². The van der Waals surface area contributed by atoms with Crippen LogP contribution < -0.4 is 16.0 Å². The molecule has 1 rings (SSSR count). The number of halogens is 2. The minimum atomic E-state index is 0.188. The van der Waals surface area contributed by atoms with Crippen molar-refractivity contribution < 1.29 is 10.2 Å². The molecule has 0 radical (unpaired) electrons. The average Bonchev–Trinajstić information content (AvgIpc) is 2.58. The largest absolute Gasteiger partial charge is 0.395 e. The summed E-state index contributed by atoms with van der Waals surface area (Å²) < 4.78 is 0. The van der Waals surface area contributed by atoms with E-state index in [2.05, 4.69) is 16.0 Å². The first-order valence-electron chi connectivity index (χ1n) is 8.78. The molecule has 0 spiro atoms. The first kappa shape index (κ1) is 24.6. The van der Waals surface area contributed by atoms with Crippen LogP contribution >= 0.6 is 23.2 Å². The summed E-state index contributed by atoms with van der Waals surface area (Å²) in [6, 6.07) is 5.91. The zero-order valence-electron chi connectivity index (χ0n) is 15.5. The van der Waals surface area contributed by atoms with Gasteiger partial charge in [0.1, 0.15) is 0 Å². The molecule has 0 aliphatic heterocycles. The van der Waals surface area contributed by atoms with Crippen LogP contribution in [-0.2, 0) is 6.54 Å². The van der Waals surface area contributed by atoms with E-state index in [0.29, 0.717) is 10.0 Å². The first-order chi connectivity index (χ1) is 12.0. The van der Waals surface area contributed by atoms with Crippen LogP contribution in [0.15, 0.2) is 18.2 Å². The molecule has 1 aromatic rings. The molecular formula is C18H33Cl2N3O2. The fourth-order valence-corrected chi connectivity index (χ4v) is 2.72. The van der Waals surface area contributed by atoms with Crippen molar-refractivity contribution in [1.82, 2.24) is 16.0 Å². The van der Waals surface area contributed by atoms with Gasteiger partial charge in [0.2, 0.25) is 0 Å². The van der Waals surface area contributed by atoms with Crippen molar-refractivity contribution in [1.29, 1.82) is 0 Å². The van der Waals surface area contributed by atoms with Crippen molar-refractivity contribution in [3.8, 4) is 0 Å². The van der Waals surface area contributed by atoms with Gasteiger partial charge >= 0.3 is 0 Å². The number of aliphatic hydroxyl groups is 2. The van der Waals surface area contributed by atoms with Gasteiger partial charge < -0.3 is 26.2 Å². The van der Waals surface area contributed by atoms with Gasteiger partial charge in [0.15, 0.2) is 0 Å². The molecule has 146 valence electrons. The predicted octanol–water partition coefficient (Wildman–Crippen LogP) is 2.42. The van der Waals surface area contributed by atoms with Gasteiger partial charge in [0.25, 0.3) is 0 Å². The summed E-state index contributed by atoms with van der Waals surface area (Å²) in [7, 11) is 1.88. The summed E-state index contributed by atoms with van der Waals surface area (Å²) in [5.41, 5.74) is 1.10. The Morgan fingerprint density at radius 2 is 1.32 bits per heavy atom. The smallest absolute Gasteiger partial charge is 0.0584 e. The van der Waals surface area contributed by atoms with Crippen molar-refractivity contribution in [3.05, 3.63) is 33.8 Å². The molecule has 0 amide bonds. The summed E-state index contributed by atoms with van der Waals surface area (Å²) in [6.45, 7) is 6.92. The van der Waals surface area contributed by atoms with E-state index in [1.807, 2.05) is 33.0 Å². The van der Waals surface area contributed by atoms with Crippen molar-refractivity contribution in [2.24, 2.45) is 0 Å². The summed E-state index contributed by atoms with van der Waals surface area (Å²) >= 11 is 11.5. The molecule has 0 fully saturated rings. The lowest BCUT2D eigenvalue weighted by atomic mass is 10.2. The topological polar surface area (TPSA) is 76.5 Å². The third kappa shape index (κ3) is 12.6. The molecule has 0 aliphatic rings. The number of rotatable bonds is 11. The lowest BCUT2D eigenvalue weighted by Crippen LogP contribution is -2.40. The molecule has 0 aromatic heterocycles. The van der Waals surface area contributed by atoms with E-state index in [9.17, 15) is 0 Å². The van der Waals surface area contributed by atoms with E-state index in [0.717, 1.165) is 38.0 Å². The number of hydrogen-bond donors (Lipinski definition) is 5. The van der Waals surface area contributed by atoms with Crippen LogP contribution in [0, 0.1) is 0 Å². The number of benzene rings is 1. The quantitative estimate of drug-likeness (QED) is 0.373. The van der Waals surface area contributed by atoms with Crippen LogP contribution in [0.2, 0.25) is 10.0 Å². The van der Waals surface area contributed by atoms with E-state index in [4.69, 9.17) is 33.4 Å². The number of hydrogen-bond acceptors (Lipinski definition) is 5. The standard InChI is InChI=1S/C10H24N2O2.C8H9Cl2N/c1-3-9(7-13)11-5-6-12-10(4-2)8-14;1-11-5-6-2-7(9)4-8(10)3-6/h9-14H,3-8H2,1-2H3;2-4,11H,5H2,1H3/t9-,10-;/m0./s1. The molecule has 0 heterocycles. The van der Waals surface area contributed by atoms with Gasteiger partial charge in [-0.3, -0.25) is 0 Å². The Labute approximate surface area is 162 Å². The highest BCUT2D eigenvalue weighted by Gasteiger charge is 2.04. The fraction of sp³-hybridized carbons (Fsp3) is 0.667. The molecule has 0 bridgehead atoms. The Kier molecular flexibility index (Phi) is 15.6. The second kappa shape index (κ2) is 15.8. The van der Waals surface area contributed by atoms with Gasteiger partial charge in [-0.25, -0.2) is 0 Å². The summed E-state index contributed by atoms with van der Waals surface area (Å²) in [4.78, 5) is 0. The van der Waals surface area contributed by atoms with Gasteiger partial charge in [0, 0.05) is 41.8 Å². The number of aliphatic hydroxyl groups excluding tert-OH is 2. The third-order valence-corrected chi connectivity index (χ3v) is 4.16. The highest BCUT2D eigenvalue weighted by Crippen LogP contribution is 2.18. The third-order valence-electron chi connectivity index (χ3n) is 3.72. The first-order valence-corrected chi connectivity index (χ1v) is 9.54. The minimum Gasteiger partial charge on any atom is -0.395 e. The predicted molar refractivity (Wildman–Crippen MR) is 108 cm³/mol. The van der Waals surface area contributed by atoms with Crippen LogP contribution in [0.3, 0.4) is 0 Å². The summed E-state index contributed by atoms with van der Waals surface area (Å²) in [6.07, 6.45) is 1.88. The SMILES string of the molecule is CC[C@@H](CO)NCCN[C@@H](CC)CO.CNCc1cc(Cl)cc(Cl)c1. The van der Waals surface area contributed by atoms with E-state index >= 15 is 0 Å². The molecular weight excluding hydrogens is 361 g/mol. The van der Waals surface area contributed by atoms with Crippen LogP contribution in [0.25, 0.3) is 0 Å². The van der Waals surface area contributed by atoms with E-state index in [1.165, 1.54) is 0 Å². The molecule has 0 unspecified atom stereocenters. The van der Waals surface area contributed by atoms with Gasteiger partial charge in [-0.05, 0) is 43.7 Å². The Hall–Kier alpha value is -0.400. The molecule has 5 N–H and O–H groups in total. The molecule has 2 atom stereocenters.